The quantitative estimate of drug-likeness (QED) is 0.795. The molecule has 1 fully saturated rings. The molecule has 0 aliphatic carbocycles. The van der Waals surface area contributed by atoms with Crippen LogP contribution < -0.4 is 11.1 Å². The third kappa shape index (κ3) is 4.74. The largest absolute Gasteiger partial charge is 0.343 e. The first-order chi connectivity index (χ1) is 13.7. The highest BCUT2D eigenvalue weighted by Crippen LogP contribution is 2.30. The number of benzene rings is 1. The minimum Gasteiger partial charge on any atom is -0.343 e. The molecule has 1 aromatic heterocycles. The van der Waals surface area contributed by atoms with E-state index in [0.717, 1.165) is 0 Å². The zero-order valence-corrected chi connectivity index (χ0v) is 17.2. The van der Waals surface area contributed by atoms with Gasteiger partial charge in [0.25, 0.3) is 0 Å². The molecular formula is C21H24ClFN4O2. The second-order valence-electron chi connectivity index (χ2n) is 7.58. The summed E-state index contributed by atoms with van der Waals surface area (Å²) in [5, 5.41) is 3.07. The first-order valence-electron chi connectivity index (χ1n) is 9.46. The lowest BCUT2D eigenvalue weighted by atomic mass is 9.79. The molecule has 3 N–H and O–H groups in total. The number of aromatic nitrogens is 1. The number of nitrogens with one attached hydrogen (secondary N) is 1. The lowest BCUT2D eigenvalue weighted by Crippen LogP contribution is -2.57. The van der Waals surface area contributed by atoms with Crippen molar-refractivity contribution < 1.29 is 14.0 Å². The van der Waals surface area contributed by atoms with Gasteiger partial charge in [-0.15, -0.1) is 0 Å². The predicted molar refractivity (Wildman–Crippen MR) is 111 cm³/mol. The van der Waals surface area contributed by atoms with Crippen molar-refractivity contribution in [1.29, 1.82) is 0 Å². The topological polar surface area (TPSA) is 88.3 Å². The Morgan fingerprint density at radius 1 is 1.31 bits per heavy atom. The van der Waals surface area contributed by atoms with Crippen LogP contribution in [-0.4, -0.2) is 40.3 Å². The number of nitrogens with zero attached hydrogens (tertiary/aromatic N) is 2. The number of anilines is 1. The summed E-state index contributed by atoms with van der Waals surface area (Å²) < 4.78 is 13.4. The average molecular weight is 419 g/mol. The van der Waals surface area contributed by atoms with E-state index in [-0.39, 0.29) is 23.5 Å². The molecule has 1 aromatic carbocycles. The van der Waals surface area contributed by atoms with Crippen molar-refractivity contribution >= 4 is 29.1 Å². The van der Waals surface area contributed by atoms with Gasteiger partial charge in [-0.1, -0.05) is 23.7 Å². The van der Waals surface area contributed by atoms with Gasteiger partial charge in [-0.05, 0) is 43.9 Å². The first kappa shape index (κ1) is 21.2. The molecule has 2 aromatic rings. The van der Waals surface area contributed by atoms with Gasteiger partial charge in [-0.25, -0.2) is 4.39 Å². The molecule has 154 valence electrons. The van der Waals surface area contributed by atoms with Crippen molar-refractivity contribution in [3.63, 3.8) is 0 Å². The molecule has 6 nitrogen and oxygen atoms in total. The van der Waals surface area contributed by atoms with Crippen LogP contribution in [0.5, 0.6) is 0 Å². The van der Waals surface area contributed by atoms with Crippen molar-refractivity contribution in [2.45, 2.75) is 32.2 Å². The highest BCUT2D eigenvalue weighted by Gasteiger charge is 2.39. The molecule has 2 amide bonds. The van der Waals surface area contributed by atoms with Gasteiger partial charge in [0.1, 0.15) is 5.82 Å². The van der Waals surface area contributed by atoms with E-state index in [2.05, 4.69) is 10.3 Å². The Morgan fingerprint density at radius 3 is 2.59 bits per heavy atom. The molecule has 2 heterocycles. The molecule has 0 radical (unpaired) electrons. The summed E-state index contributed by atoms with van der Waals surface area (Å²) in [7, 11) is 0. The number of rotatable bonds is 4. The summed E-state index contributed by atoms with van der Waals surface area (Å²) in [6.45, 7) is 4.43. The predicted octanol–water partition coefficient (Wildman–Crippen LogP) is 3.46. The number of nitrogens with two attached hydrogens (primary N) is 1. The fourth-order valence-corrected chi connectivity index (χ4v) is 3.88. The van der Waals surface area contributed by atoms with Crippen LogP contribution in [0.4, 0.5) is 10.1 Å². The second-order valence-corrected chi connectivity index (χ2v) is 7.99. The van der Waals surface area contributed by atoms with Crippen molar-refractivity contribution in [3.8, 4) is 11.3 Å². The number of halogens is 2. The van der Waals surface area contributed by atoms with E-state index in [9.17, 15) is 14.0 Å². The van der Waals surface area contributed by atoms with Crippen LogP contribution in [-0.2, 0) is 9.59 Å². The van der Waals surface area contributed by atoms with E-state index in [1.54, 1.807) is 36.9 Å². The number of carbonyl (C=O) groups is 2. The van der Waals surface area contributed by atoms with Gasteiger partial charge in [-0.2, -0.15) is 0 Å². The van der Waals surface area contributed by atoms with Crippen LogP contribution in [0.15, 0.2) is 36.5 Å². The molecule has 1 unspecified atom stereocenters. The number of likely N-dealkylation sites (tertiary alicyclic amines) is 1. The van der Waals surface area contributed by atoms with Gasteiger partial charge in [-0.3, -0.25) is 14.6 Å². The maximum Gasteiger partial charge on any atom is 0.244 e. The number of piperidine rings is 1. The molecule has 0 saturated carbocycles. The van der Waals surface area contributed by atoms with Crippen molar-refractivity contribution in [2.24, 2.45) is 11.7 Å². The SMILES string of the molecule is CC(=O)N1CCC(C(C)(N)C(=O)Nc2cnc(-c3cccc(F)c3)c(Cl)c2)CC1. The van der Waals surface area contributed by atoms with Crippen LogP contribution in [0.25, 0.3) is 11.3 Å². The van der Waals surface area contributed by atoms with Gasteiger partial charge in [0, 0.05) is 25.6 Å². The van der Waals surface area contributed by atoms with E-state index >= 15 is 0 Å². The minimum atomic E-state index is -1.10. The van der Waals surface area contributed by atoms with Gasteiger partial charge in [0.05, 0.1) is 28.1 Å². The van der Waals surface area contributed by atoms with Crippen LogP contribution >= 0.6 is 11.6 Å². The van der Waals surface area contributed by atoms with Crippen LogP contribution in [0.2, 0.25) is 5.02 Å². The third-order valence-electron chi connectivity index (χ3n) is 5.47. The average Bonchev–Trinajstić information content (AvgIpc) is 2.68. The minimum absolute atomic E-state index is 0.0331. The Balaban J connectivity index is 1.70. The lowest BCUT2D eigenvalue weighted by molar-refractivity contribution is -0.131. The van der Waals surface area contributed by atoms with Gasteiger partial charge in [0.15, 0.2) is 0 Å². The Hall–Kier alpha value is -2.51. The molecule has 1 aliphatic rings. The monoisotopic (exact) mass is 418 g/mol. The Bertz CT molecular complexity index is 927. The number of hydrogen-bond acceptors (Lipinski definition) is 4. The third-order valence-corrected chi connectivity index (χ3v) is 5.76. The van der Waals surface area contributed by atoms with E-state index < -0.39 is 5.54 Å². The molecule has 0 bridgehead atoms. The molecule has 8 heteroatoms. The van der Waals surface area contributed by atoms with E-state index in [1.807, 2.05) is 0 Å². The van der Waals surface area contributed by atoms with Gasteiger partial charge in [0.2, 0.25) is 11.8 Å². The van der Waals surface area contributed by atoms with Crippen LogP contribution in [0, 0.1) is 11.7 Å². The van der Waals surface area contributed by atoms with Crippen LogP contribution in [0.3, 0.4) is 0 Å². The second kappa shape index (κ2) is 8.47. The van der Waals surface area contributed by atoms with Gasteiger partial charge < -0.3 is 16.0 Å². The number of pyridine rings is 1. The summed E-state index contributed by atoms with van der Waals surface area (Å²) >= 11 is 6.30. The Morgan fingerprint density at radius 2 is 2.00 bits per heavy atom. The van der Waals surface area contributed by atoms with Crippen LogP contribution in [0.1, 0.15) is 26.7 Å². The summed E-state index contributed by atoms with van der Waals surface area (Å²) in [6.07, 6.45) is 2.80. The number of amides is 2. The summed E-state index contributed by atoms with van der Waals surface area (Å²) in [6, 6.07) is 7.54. The molecule has 1 saturated heterocycles. The smallest absolute Gasteiger partial charge is 0.244 e. The fraction of sp³-hybridized carbons (Fsp3) is 0.381. The van der Waals surface area contributed by atoms with E-state index in [1.165, 1.54) is 18.3 Å². The highest BCUT2D eigenvalue weighted by atomic mass is 35.5. The zero-order chi connectivity index (χ0) is 21.2. The van der Waals surface area contributed by atoms with Gasteiger partial charge >= 0.3 is 0 Å². The van der Waals surface area contributed by atoms with E-state index in [0.29, 0.717) is 47.9 Å². The van der Waals surface area contributed by atoms with Crippen molar-refractivity contribution in [1.82, 2.24) is 9.88 Å². The summed E-state index contributed by atoms with van der Waals surface area (Å²) in [5.74, 6) is -0.735. The van der Waals surface area contributed by atoms with Crippen molar-refractivity contribution in [3.05, 3.63) is 47.4 Å². The zero-order valence-electron chi connectivity index (χ0n) is 16.4. The molecule has 1 aliphatic heterocycles. The Kier molecular flexibility index (Phi) is 6.19. The maximum absolute atomic E-state index is 13.4. The Labute approximate surface area is 174 Å². The normalized spacial score (nSPS) is 16.9. The summed E-state index contributed by atoms with van der Waals surface area (Å²) in [5.41, 5.74) is 6.66. The van der Waals surface area contributed by atoms with Crippen molar-refractivity contribution in [2.75, 3.05) is 18.4 Å². The maximum atomic E-state index is 13.4. The van der Waals surface area contributed by atoms with E-state index in [4.69, 9.17) is 17.3 Å². The summed E-state index contributed by atoms with van der Waals surface area (Å²) in [4.78, 5) is 30.3. The molecule has 29 heavy (non-hydrogen) atoms. The molecule has 0 spiro atoms. The first-order valence-corrected chi connectivity index (χ1v) is 9.83. The fourth-order valence-electron chi connectivity index (χ4n) is 3.60. The molecule has 1 atom stereocenters. The molecular weight excluding hydrogens is 395 g/mol. The lowest BCUT2D eigenvalue weighted by Gasteiger charge is -2.39. The number of carbonyl (C=O) groups excluding carboxylic acids is 2. The molecule has 3 rings (SSSR count). The highest BCUT2D eigenvalue weighted by molar-refractivity contribution is 6.33. The standard InChI is InChI=1S/C21H24ClFN4O2/c1-13(28)27-8-6-15(7-9-27)21(2,24)20(29)26-17-11-18(22)19(25-12-17)14-4-3-5-16(23)10-14/h3-5,10-12,15H,6-9,24H2,1-2H3,(H,26,29). The number of hydrogen-bond donors (Lipinski definition) is 2.